The van der Waals surface area contributed by atoms with Gasteiger partial charge in [-0.1, -0.05) is 13.3 Å². The van der Waals surface area contributed by atoms with Crippen molar-refractivity contribution in [1.82, 2.24) is 15.1 Å². The average Bonchev–Trinajstić information content (AvgIpc) is 2.47. The molecule has 2 aliphatic heterocycles. The van der Waals surface area contributed by atoms with E-state index in [1.54, 1.807) is 0 Å². The second-order valence-corrected chi connectivity index (χ2v) is 6.19. The summed E-state index contributed by atoms with van der Waals surface area (Å²) in [4.78, 5) is 16.9. The highest BCUT2D eigenvalue weighted by Gasteiger charge is 2.32. The maximum absolute atomic E-state index is 12.5. The normalized spacial score (nSPS) is 27.5. The molecule has 2 saturated heterocycles. The zero-order chi connectivity index (χ0) is 14.5. The van der Waals surface area contributed by atoms with Crippen LogP contribution in [0.2, 0.25) is 0 Å². The topological polar surface area (TPSA) is 55.8 Å². The molecule has 0 aromatic heterocycles. The summed E-state index contributed by atoms with van der Waals surface area (Å²) >= 11 is 0. The summed E-state index contributed by atoms with van der Waals surface area (Å²) in [6.45, 7) is 8.14. The number of nitrogens with one attached hydrogen (secondary N) is 1. The predicted octanol–water partition coefficient (Wildman–Crippen LogP) is 1.28. The SMILES string of the molecule is CCC1CN(C(=O)[C@H]2CCCCN2)CCN1CC(C)O.Cl.Cl. The lowest BCUT2D eigenvalue weighted by molar-refractivity contribution is -0.137. The molecule has 0 bridgehead atoms. The van der Waals surface area contributed by atoms with E-state index in [0.29, 0.717) is 12.6 Å². The fourth-order valence-corrected chi connectivity index (χ4v) is 3.34. The number of amides is 1. The maximum atomic E-state index is 12.5. The van der Waals surface area contributed by atoms with Crippen LogP contribution in [0.5, 0.6) is 0 Å². The highest BCUT2D eigenvalue weighted by atomic mass is 35.5. The Morgan fingerprint density at radius 3 is 2.59 bits per heavy atom. The third kappa shape index (κ3) is 5.85. The van der Waals surface area contributed by atoms with Gasteiger partial charge in [0.2, 0.25) is 5.91 Å². The Morgan fingerprint density at radius 2 is 2.05 bits per heavy atom. The van der Waals surface area contributed by atoms with E-state index in [2.05, 4.69) is 17.1 Å². The van der Waals surface area contributed by atoms with E-state index >= 15 is 0 Å². The summed E-state index contributed by atoms with van der Waals surface area (Å²) in [5.74, 6) is 0.278. The van der Waals surface area contributed by atoms with Crippen molar-refractivity contribution in [2.45, 2.75) is 57.7 Å². The monoisotopic (exact) mass is 355 g/mol. The number of β-amino-alcohol motifs (C(OH)–C–C–N with tert-alkyl or cyclic N) is 1. The van der Waals surface area contributed by atoms with E-state index in [1.165, 1.54) is 6.42 Å². The Kier molecular flexibility index (Phi) is 10.6. The second kappa shape index (κ2) is 10.7. The highest BCUT2D eigenvalue weighted by Crippen LogP contribution is 2.16. The van der Waals surface area contributed by atoms with Crippen molar-refractivity contribution in [3.63, 3.8) is 0 Å². The summed E-state index contributed by atoms with van der Waals surface area (Å²) in [5.41, 5.74) is 0. The van der Waals surface area contributed by atoms with Gasteiger partial charge < -0.3 is 15.3 Å². The number of carbonyl (C=O) groups excluding carboxylic acids is 1. The number of hydrogen-bond donors (Lipinski definition) is 2. The van der Waals surface area contributed by atoms with Crippen LogP contribution in [-0.2, 0) is 4.79 Å². The van der Waals surface area contributed by atoms with Crippen LogP contribution in [0.1, 0.15) is 39.5 Å². The molecule has 5 nitrogen and oxygen atoms in total. The second-order valence-electron chi connectivity index (χ2n) is 6.19. The first kappa shape index (κ1) is 21.9. The number of piperidine rings is 1. The van der Waals surface area contributed by atoms with Gasteiger partial charge in [-0.05, 0) is 32.7 Å². The quantitative estimate of drug-likeness (QED) is 0.797. The Morgan fingerprint density at radius 1 is 1.32 bits per heavy atom. The molecule has 0 spiro atoms. The maximum Gasteiger partial charge on any atom is 0.239 e. The van der Waals surface area contributed by atoms with Crippen molar-refractivity contribution >= 4 is 30.7 Å². The molecule has 0 aromatic rings. The molecule has 2 fully saturated rings. The minimum absolute atomic E-state index is 0. The molecular weight excluding hydrogens is 325 g/mol. The number of aliphatic hydroxyl groups excluding tert-OH is 1. The molecule has 0 aliphatic carbocycles. The third-order valence-corrected chi connectivity index (χ3v) is 4.49. The number of nitrogens with zero attached hydrogens (tertiary/aromatic N) is 2. The first-order valence-corrected chi connectivity index (χ1v) is 8.06. The Hall–Kier alpha value is -0.0700. The largest absolute Gasteiger partial charge is 0.392 e. The first-order chi connectivity index (χ1) is 9.61. The van der Waals surface area contributed by atoms with Gasteiger partial charge in [0.25, 0.3) is 0 Å². The molecule has 2 unspecified atom stereocenters. The van der Waals surface area contributed by atoms with E-state index in [9.17, 15) is 9.90 Å². The van der Waals surface area contributed by atoms with Gasteiger partial charge in [-0.15, -0.1) is 24.8 Å². The van der Waals surface area contributed by atoms with Crippen LogP contribution in [-0.4, -0.2) is 71.7 Å². The van der Waals surface area contributed by atoms with E-state index < -0.39 is 0 Å². The van der Waals surface area contributed by atoms with E-state index in [4.69, 9.17) is 0 Å². The van der Waals surface area contributed by atoms with Crippen LogP contribution in [0.25, 0.3) is 0 Å². The van der Waals surface area contributed by atoms with Crippen LogP contribution in [0.15, 0.2) is 0 Å². The van der Waals surface area contributed by atoms with E-state index in [-0.39, 0.29) is 42.9 Å². The summed E-state index contributed by atoms with van der Waals surface area (Å²) < 4.78 is 0. The molecule has 3 atom stereocenters. The van der Waals surface area contributed by atoms with Crippen molar-refractivity contribution in [3.8, 4) is 0 Å². The third-order valence-electron chi connectivity index (χ3n) is 4.49. The van der Waals surface area contributed by atoms with Gasteiger partial charge in [-0.2, -0.15) is 0 Å². The van der Waals surface area contributed by atoms with Crippen molar-refractivity contribution < 1.29 is 9.90 Å². The first-order valence-electron chi connectivity index (χ1n) is 8.06. The number of hydrogen-bond acceptors (Lipinski definition) is 4. The zero-order valence-electron chi connectivity index (χ0n) is 13.7. The van der Waals surface area contributed by atoms with Gasteiger partial charge in [0.05, 0.1) is 12.1 Å². The van der Waals surface area contributed by atoms with E-state index in [0.717, 1.165) is 45.4 Å². The number of piperazine rings is 1. The van der Waals surface area contributed by atoms with Gasteiger partial charge in [-0.3, -0.25) is 9.69 Å². The van der Waals surface area contributed by atoms with Crippen LogP contribution < -0.4 is 5.32 Å². The number of carbonyl (C=O) groups is 1. The molecular formula is C15H31Cl2N3O2. The fraction of sp³-hybridized carbons (Fsp3) is 0.933. The van der Waals surface area contributed by atoms with Crippen LogP contribution >= 0.6 is 24.8 Å². The van der Waals surface area contributed by atoms with Gasteiger partial charge >= 0.3 is 0 Å². The van der Waals surface area contributed by atoms with Crippen LogP contribution in [0.4, 0.5) is 0 Å². The Balaban J connectivity index is 0.00000220. The van der Waals surface area contributed by atoms with Gasteiger partial charge in [0.15, 0.2) is 0 Å². The number of rotatable bonds is 4. The summed E-state index contributed by atoms with van der Waals surface area (Å²) in [7, 11) is 0. The van der Waals surface area contributed by atoms with Crippen LogP contribution in [0.3, 0.4) is 0 Å². The molecule has 7 heteroatoms. The average molecular weight is 356 g/mol. The van der Waals surface area contributed by atoms with Gasteiger partial charge in [0.1, 0.15) is 0 Å². The van der Waals surface area contributed by atoms with E-state index in [1.807, 2.05) is 11.8 Å². The summed E-state index contributed by atoms with van der Waals surface area (Å²) in [5, 5.41) is 12.9. The minimum Gasteiger partial charge on any atom is -0.392 e. The highest BCUT2D eigenvalue weighted by molar-refractivity contribution is 5.85. The standard InChI is InChI=1S/C15H29N3O2.2ClH/c1-3-13-11-18(9-8-17(13)10-12(2)19)15(20)14-6-4-5-7-16-14;;/h12-14,16,19H,3-11H2,1-2H3;2*1H/t12?,13?,14-;;/m1../s1. The van der Waals surface area contributed by atoms with Crippen molar-refractivity contribution in [3.05, 3.63) is 0 Å². The Bertz CT molecular complexity index is 326. The van der Waals surface area contributed by atoms with Crippen LogP contribution in [0, 0.1) is 0 Å². The lowest BCUT2D eigenvalue weighted by Crippen LogP contribution is -2.59. The summed E-state index contributed by atoms with van der Waals surface area (Å²) in [6.07, 6.45) is 4.04. The smallest absolute Gasteiger partial charge is 0.239 e. The minimum atomic E-state index is -0.300. The van der Waals surface area contributed by atoms with Crippen molar-refractivity contribution in [2.24, 2.45) is 0 Å². The molecule has 2 heterocycles. The summed E-state index contributed by atoms with van der Waals surface area (Å²) in [6, 6.07) is 0.412. The fourth-order valence-electron chi connectivity index (χ4n) is 3.34. The van der Waals surface area contributed by atoms with Crippen molar-refractivity contribution in [1.29, 1.82) is 0 Å². The predicted molar refractivity (Wildman–Crippen MR) is 94.1 cm³/mol. The molecule has 22 heavy (non-hydrogen) atoms. The molecule has 2 N–H and O–H groups in total. The molecule has 2 aliphatic rings. The lowest BCUT2D eigenvalue weighted by atomic mass is 10.0. The lowest BCUT2D eigenvalue weighted by Gasteiger charge is -2.43. The van der Waals surface area contributed by atoms with Gasteiger partial charge in [-0.25, -0.2) is 0 Å². The number of aliphatic hydroxyl groups is 1. The molecule has 0 radical (unpaired) electrons. The molecule has 0 aromatic carbocycles. The number of halogens is 2. The molecule has 0 saturated carbocycles. The molecule has 1 amide bonds. The van der Waals surface area contributed by atoms with Crippen molar-refractivity contribution in [2.75, 3.05) is 32.7 Å². The zero-order valence-corrected chi connectivity index (χ0v) is 15.3. The molecule has 132 valence electrons. The van der Waals surface area contributed by atoms with Gasteiger partial charge in [0, 0.05) is 32.2 Å². The molecule has 2 rings (SSSR count). The Labute approximate surface area is 146 Å².